The molecule has 0 aliphatic rings. The van der Waals surface area contributed by atoms with Crippen LogP contribution in [0.4, 0.5) is 0 Å². The monoisotopic (exact) mass is 621 g/mol. The van der Waals surface area contributed by atoms with Gasteiger partial charge in [-0.25, -0.2) is 19.9 Å². The van der Waals surface area contributed by atoms with Crippen molar-refractivity contribution in [3.8, 4) is 0 Å². The number of hydrogen-bond donors (Lipinski definition) is 0. The largest absolute Gasteiger partial charge is 0.361 e. The van der Waals surface area contributed by atoms with Crippen molar-refractivity contribution in [3.63, 3.8) is 0 Å². The van der Waals surface area contributed by atoms with E-state index >= 15 is 0 Å². The second-order valence-corrected chi connectivity index (χ2v) is 12.5. The predicted octanol–water partition coefficient (Wildman–Crippen LogP) is 12.0. The maximum Gasteiger partial charge on any atom is 0.133 e. The molecule has 242 valence electrons. The average Bonchev–Trinajstić information content (AvgIpc) is 3.61. The molecule has 8 heteroatoms. The van der Waals surface area contributed by atoms with Crippen LogP contribution in [-0.2, 0) is 6.42 Å². The molecule has 0 atom stereocenters. The molecule has 0 bridgehead atoms. The summed E-state index contributed by atoms with van der Waals surface area (Å²) in [4.78, 5) is 18.5. The van der Waals surface area contributed by atoms with Crippen LogP contribution in [0.3, 0.4) is 0 Å². The van der Waals surface area contributed by atoms with Crippen LogP contribution in [0.1, 0.15) is 159 Å². The fourth-order valence-electron chi connectivity index (χ4n) is 2.94. The van der Waals surface area contributed by atoms with Crippen LogP contribution in [0, 0.1) is 20.8 Å². The Labute approximate surface area is 267 Å². The van der Waals surface area contributed by atoms with Gasteiger partial charge in [-0.05, 0) is 39.2 Å². The van der Waals surface area contributed by atoms with Crippen LogP contribution >= 0.6 is 22.7 Å². The summed E-state index contributed by atoms with van der Waals surface area (Å²) >= 11 is 3.55. The van der Waals surface area contributed by atoms with E-state index in [1.54, 1.807) is 11.3 Å². The van der Waals surface area contributed by atoms with E-state index < -0.39 is 0 Å². The summed E-state index contributed by atoms with van der Waals surface area (Å²) in [6.07, 6.45) is 4.95. The summed E-state index contributed by atoms with van der Waals surface area (Å²) in [5, 5.41) is 8.34. The van der Waals surface area contributed by atoms with E-state index in [-0.39, 0.29) is 29.7 Å². The van der Waals surface area contributed by atoms with Crippen molar-refractivity contribution < 1.29 is 4.52 Å². The number of nitrogens with zero attached hydrogens (tertiary/aromatic N) is 5. The summed E-state index contributed by atoms with van der Waals surface area (Å²) in [5.41, 5.74) is 3.15. The Hall–Kier alpha value is -2.45. The van der Waals surface area contributed by atoms with Gasteiger partial charge in [0.2, 0.25) is 0 Å². The van der Waals surface area contributed by atoms with Gasteiger partial charge in [0.1, 0.15) is 11.6 Å². The normalized spacial score (nSPS) is 9.62. The Morgan fingerprint density at radius 1 is 0.714 bits per heavy atom. The van der Waals surface area contributed by atoms with Crippen molar-refractivity contribution in [1.82, 2.24) is 25.1 Å². The second-order valence-electron chi connectivity index (χ2n) is 10.4. The molecule has 0 aliphatic carbocycles. The molecule has 4 aromatic rings. The molecule has 4 rings (SSSR count). The summed E-state index contributed by atoms with van der Waals surface area (Å²) < 4.78 is 4.88. The number of hydrogen-bond acceptors (Lipinski definition) is 8. The molecule has 0 fully saturated rings. The standard InChI is InChI=1S/C9H14N2.C8H13NS.C7H11NO.C6H9NS.4CH4/c1-6(2)9-10-7(3)5-8(4)11-9;1-4-7-5-9-8(10-7)6(2)3;1-5(2)7-4-6(3)9-8-7;1-5(2)6-7-3-4-8-6;;;;/h5-6H,1-4H3;5-6H,4H2,1-3H3;4-5H,1-3H3;3-5H,1-2H3;4*1H4. The Kier molecular flexibility index (Phi) is 26.6. The molecule has 0 aliphatic heterocycles. The van der Waals surface area contributed by atoms with Crippen LogP contribution in [0.2, 0.25) is 0 Å². The highest BCUT2D eigenvalue weighted by Crippen LogP contribution is 2.21. The molecule has 0 aromatic carbocycles. The number of thiazole rings is 2. The van der Waals surface area contributed by atoms with E-state index in [0.29, 0.717) is 23.7 Å². The van der Waals surface area contributed by atoms with Crippen molar-refractivity contribution in [1.29, 1.82) is 0 Å². The molecule has 4 aromatic heterocycles. The Morgan fingerprint density at radius 2 is 1.26 bits per heavy atom. The zero-order valence-electron chi connectivity index (χ0n) is 25.4. The predicted molar refractivity (Wildman–Crippen MR) is 190 cm³/mol. The SMILES string of the molecule is C.C.C.C.CC(C)c1nccs1.CCc1cnc(C(C)C)s1.Cc1cc(C(C)C)no1.Cc1cc(C)nc(C(C)C)n1. The minimum atomic E-state index is 0. The van der Waals surface area contributed by atoms with Gasteiger partial charge < -0.3 is 4.52 Å². The number of aromatic nitrogens is 5. The molecule has 0 radical (unpaired) electrons. The third-order valence-corrected chi connectivity index (χ3v) is 7.63. The van der Waals surface area contributed by atoms with Gasteiger partial charge >= 0.3 is 0 Å². The molecule has 4 heterocycles. The van der Waals surface area contributed by atoms with Gasteiger partial charge in [0.15, 0.2) is 0 Å². The first kappa shape index (κ1) is 46.5. The highest BCUT2D eigenvalue weighted by atomic mass is 32.1. The summed E-state index contributed by atoms with van der Waals surface area (Å²) in [6.45, 7) is 25.1. The number of aryl methyl sites for hydroxylation is 4. The topological polar surface area (TPSA) is 77.6 Å². The van der Waals surface area contributed by atoms with Crippen molar-refractivity contribution in [2.24, 2.45) is 0 Å². The van der Waals surface area contributed by atoms with Crippen molar-refractivity contribution in [3.05, 3.63) is 73.5 Å². The first-order valence-corrected chi connectivity index (χ1v) is 15.1. The summed E-state index contributed by atoms with van der Waals surface area (Å²) in [7, 11) is 0. The molecular weight excluding hydrogens is 559 g/mol. The van der Waals surface area contributed by atoms with Crippen LogP contribution in [0.15, 0.2) is 34.4 Å². The molecular formula is C34H63N5OS2. The maximum atomic E-state index is 4.88. The molecule has 0 saturated heterocycles. The lowest BCUT2D eigenvalue weighted by molar-refractivity contribution is 0.388. The van der Waals surface area contributed by atoms with Gasteiger partial charge in [0, 0.05) is 57.9 Å². The van der Waals surface area contributed by atoms with E-state index in [1.807, 2.05) is 62.0 Å². The lowest BCUT2D eigenvalue weighted by Crippen LogP contribution is -2.00. The first-order chi connectivity index (χ1) is 17.8. The maximum absolute atomic E-state index is 4.88. The Bertz CT molecular complexity index is 1140. The van der Waals surface area contributed by atoms with Crippen molar-refractivity contribution in [2.75, 3.05) is 0 Å². The van der Waals surface area contributed by atoms with Gasteiger partial charge in [0.25, 0.3) is 0 Å². The van der Waals surface area contributed by atoms with Crippen LogP contribution in [0.5, 0.6) is 0 Å². The summed E-state index contributed by atoms with van der Waals surface area (Å²) in [5.74, 6) is 3.91. The van der Waals surface area contributed by atoms with Crippen LogP contribution < -0.4 is 0 Å². The van der Waals surface area contributed by atoms with Crippen LogP contribution in [-0.4, -0.2) is 25.1 Å². The van der Waals surface area contributed by atoms with E-state index in [1.165, 1.54) is 14.9 Å². The lowest BCUT2D eigenvalue weighted by atomic mass is 10.1. The highest BCUT2D eigenvalue weighted by molar-refractivity contribution is 7.11. The van der Waals surface area contributed by atoms with Crippen LogP contribution in [0.25, 0.3) is 0 Å². The van der Waals surface area contributed by atoms with E-state index in [4.69, 9.17) is 4.52 Å². The molecule has 6 nitrogen and oxygen atoms in total. The Balaban J connectivity index is -0.000000223. The third-order valence-electron chi connectivity index (χ3n) is 5.11. The van der Waals surface area contributed by atoms with Gasteiger partial charge in [-0.3, -0.25) is 0 Å². The molecule has 0 saturated carbocycles. The van der Waals surface area contributed by atoms with Gasteiger partial charge in [0.05, 0.1) is 15.7 Å². The van der Waals surface area contributed by atoms with E-state index in [2.05, 4.69) is 87.4 Å². The molecule has 0 spiro atoms. The van der Waals surface area contributed by atoms with Gasteiger partial charge in [-0.15, -0.1) is 22.7 Å². The van der Waals surface area contributed by atoms with E-state index in [0.717, 1.165) is 35.1 Å². The molecule has 0 N–H and O–H groups in total. The highest BCUT2D eigenvalue weighted by Gasteiger charge is 2.04. The average molecular weight is 622 g/mol. The zero-order chi connectivity index (χ0) is 28.8. The number of rotatable bonds is 5. The Morgan fingerprint density at radius 3 is 1.52 bits per heavy atom. The minimum absolute atomic E-state index is 0. The minimum Gasteiger partial charge on any atom is -0.361 e. The van der Waals surface area contributed by atoms with Gasteiger partial charge in [-0.2, -0.15) is 0 Å². The fourth-order valence-corrected chi connectivity index (χ4v) is 4.46. The smallest absolute Gasteiger partial charge is 0.133 e. The third kappa shape index (κ3) is 18.2. The van der Waals surface area contributed by atoms with Gasteiger partial charge in [-0.1, -0.05) is 97.2 Å². The quantitative estimate of drug-likeness (QED) is 0.221. The van der Waals surface area contributed by atoms with Crippen molar-refractivity contribution >= 4 is 22.7 Å². The zero-order valence-corrected chi connectivity index (χ0v) is 27.0. The second kappa shape index (κ2) is 24.0. The lowest BCUT2D eigenvalue weighted by Gasteiger charge is -2.04. The molecule has 0 amide bonds. The first-order valence-electron chi connectivity index (χ1n) is 13.4. The van der Waals surface area contributed by atoms with E-state index in [9.17, 15) is 0 Å². The van der Waals surface area contributed by atoms with Crippen molar-refractivity contribution in [2.45, 2.75) is 143 Å². The summed E-state index contributed by atoms with van der Waals surface area (Å²) in [6, 6.07) is 3.95. The molecule has 42 heavy (non-hydrogen) atoms. The molecule has 0 unspecified atom stereocenters. The fraction of sp³-hybridized carbons (Fsp3) is 0.618.